The molecular formula is C12H8ClN5O. The molecule has 7 heteroatoms. The van der Waals surface area contributed by atoms with Crippen LogP contribution in [0.2, 0.25) is 5.02 Å². The Labute approximate surface area is 112 Å². The van der Waals surface area contributed by atoms with Crippen molar-refractivity contribution in [3.63, 3.8) is 0 Å². The van der Waals surface area contributed by atoms with Crippen molar-refractivity contribution in [1.82, 2.24) is 20.4 Å². The zero-order chi connectivity index (χ0) is 13.2. The number of carbonyl (C=O) groups is 1. The maximum atomic E-state index is 11.9. The Balaban J connectivity index is 2.03. The Hall–Kier alpha value is -2.47. The zero-order valence-corrected chi connectivity index (χ0v) is 10.3. The summed E-state index contributed by atoms with van der Waals surface area (Å²) in [5, 5.41) is 13.8. The van der Waals surface area contributed by atoms with Crippen molar-refractivity contribution in [1.29, 1.82) is 0 Å². The van der Waals surface area contributed by atoms with Gasteiger partial charge in [0.15, 0.2) is 5.69 Å². The van der Waals surface area contributed by atoms with Crippen LogP contribution in [0.4, 0.5) is 5.69 Å². The summed E-state index contributed by atoms with van der Waals surface area (Å²) in [6.07, 6.45) is 3.00. The van der Waals surface area contributed by atoms with E-state index in [0.717, 1.165) is 5.39 Å². The summed E-state index contributed by atoms with van der Waals surface area (Å²) < 4.78 is 0. The molecule has 1 amide bonds. The van der Waals surface area contributed by atoms with E-state index in [2.05, 4.69) is 25.7 Å². The van der Waals surface area contributed by atoms with Crippen LogP contribution in [0.15, 0.2) is 36.7 Å². The minimum absolute atomic E-state index is 0.198. The predicted molar refractivity (Wildman–Crippen MR) is 71.1 cm³/mol. The van der Waals surface area contributed by atoms with E-state index in [1.54, 1.807) is 18.3 Å². The van der Waals surface area contributed by atoms with Crippen LogP contribution in [-0.2, 0) is 0 Å². The van der Waals surface area contributed by atoms with Gasteiger partial charge in [0, 0.05) is 16.6 Å². The molecule has 3 rings (SSSR count). The predicted octanol–water partition coefficient (Wildman–Crippen LogP) is 2.26. The fourth-order valence-corrected chi connectivity index (χ4v) is 1.98. The first-order chi connectivity index (χ1) is 9.24. The van der Waals surface area contributed by atoms with E-state index >= 15 is 0 Å². The second kappa shape index (κ2) is 4.66. The molecule has 0 unspecified atom stereocenters. The number of carbonyl (C=O) groups excluding carboxylic acids is 1. The number of aromatic amines is 1. The number of hydrogen-bond acceptors (Lipinski definition) is 4. The normalized spacial score (nSPS) is 10.6. The molecule has 3 aromatic rings. The quantitative estimate of drug-likeness (QED) is 0.750. The molecule has 0 atom stereocenters. The molecule has 0 saturated carbocycles. The average Bonchev–Trinajstić information content (AvgIpc) is 2.92. The summed E-state index contributed by atoms with van der Waals surface area (Å²) in [6, 6.07) is 7.12. The Kier molecular flexibility index (Phi) is 2.85. The van der Waals surface area contributed by atoms with Gasteiger partial charge in [-0.3, -0.25) is 9.78 Å². The number of H-pyrrole nitrogens is 1. The molecule has 94 valence electrons. The van der Waals surface area contributed by atoms with Crippen LogP contribution in [0.25, 0.3) is 10.9 Å². The van der Waals surface area contributed by atoms with Gasteiger partial charge >= 0.3 is 0 Å². The van der Waals surface area contributed by atoms with Crippen molar-refractivity contribution in [3.8, 4) is 0 Å². The van der Waals surface area contributed by atoms with Crippen molar-refractivity contribution in [2.45, 2.75) is 0 Å². The third-order valence-electron chi connectivity index (χ3n) is 2.57. The number of anilines is 1. The van der Waals surface area contributed by atoms with Crippen LogP contribution >= 0.6 is 11.6 Å². The molecule has 0 radical (unpaired) electrons. The van der Waals surface area contributed by atoms with Gasteiger partial charge in [-0.1, -0.05) is 17.7 Å². The first kappa shape index (κ1) is 11.6. The smallest absolute Gasteiger partial charge is 0.277 e. The SMILES string of the molecule is O=C(Nc1cc(Cl)cc2cccnc12)c1cn[nH]n1. The van der Waals surface area contributed by atoms with Crippen LogP contribution in [0.1, 0.15) is 10.5 Å². The van der Waals surface area contributed by atoms with Crippen LogP contribution in [-0.4, -0.2) is 26.3 Å². The zero-order valence-electron chi connectivity index (χ0n) is 9.59. The lowest BCUT2D eigenvalue weighted by Gasteiger charge is -2.07. The van der Waals surface area contributed by atoms with Crippen molar-refractivity contribution in [3.05, 3.63) is 47.4 Å². The lowest BCUT2D eigenvalue weighted by molar-refractivity contribution is 0.102. The topological polar surface area (TPSA) is 83.6 Å². The third kappa shape index (κ3) is 2.25. The molecule has 2 aromatic heterocycles. The minimum Gasteiger partial charge on any atom is -0.319 e. The molecule has 2 heterocycles. The van der Waals surface area contributed by atoms with Gasteiger partial charge in [0.25, 0.3) is 5.91 Å². The standard InChI is InChI=1S/C12H8ClN5O/c13-8-4-7-2-1-3-14-11(7)9(5-8)16-12(19)10-6-15-18-17-10/h1-6H,(H,16,19)(H,15,17,18). The molecule has 0 bridgehead atoms. The largest absolute Gasteiger partial charge is 0.319 e. The van der Waals surface area contributed by atoms with Crippen LogP contribution < -0.4 is 5.32 Å². The monoisotopic (exact) mass is 273 g/mol. The molecule has 2 N–H and O–H groups in total. The Morgan fingerprint density at radius 1 is 1.37 bits per heavy atom. The van der Waals surface area contributed by atoms with Crippen LogP contribution in [0.5, 0.6) is 0 Å². The van der Waals surface area contributed by atoms with E-state index in [9.17, 15) is 4.79 Å². The number of aromatic nitrogens is 4. The second-order valence-corrected chi connectivity index (χ2v) is 4.27. The molecule has 0 aliphatic heterocycles. The fourth-order valence-electron chi connectivity index (χ4n) is 1.75. The summed E-state index contributed by atoms with van der Waals surface area (Å²) >= 11 is 6.02. The molecule has 0 fully saturated rings. The average molecular weight is 274 g/mol. The number of fused-ring (bicyclic) bond motifs is 1. The Morgan fingerprint density at radius 3 is 3.05 bits per heavy atom. The van der Waals surface area contributed by atoms with Gasteiger partial charge < -0.3 is 5.32 Å². The van der Waals surface area contributed by atoms with Gasteiger partial charge in [0.05, 0.1) is 17.4 Å². The van der Waals surface area contributed by atoms with E-state index in [4.69, 9.17) is 11.6 Å². The Bertz CT molecular complexity index is 741. The molecule has 1 aromatic carbocycles. The number of amides is 1. The van der Waals surface area contributed by atoms with E-state index in [1.165, 1.54) is 6.20 Å². The van der Waals surface area contributed by atoms with E-state index in [0.29, 0.717) is 16.2 Å². The lowest BCUT2D eigenvalue weighted by Crippen LogP contribution is -2.13. The highest BCUT2D eigenvalue weighted by Crippen LogP contribution is 2.26. The molecule has 0 saturated heterocycles. The molecule has 0 spiro atoms. The summed E-state index contributed by atoms with van der Waals surface area (Å²) in [7, 11) is 0. The van der Waals surface area contributed by atoms with Crippen molar-refractivity contribution in [2.24, 2.45) is 0 Å². The number of pyridine rings is 1. The van der Waals surface area contributed by atoms with E-state index < -0.39 is 0 Å². The highest BCUT2D eigenvalue weighted by atomic mass is 35.5. The number of nitrogens with zero attached hydrogens (tertiary/aromatic N) is 3. The van der Waals surface area contributed by atoms with Gasteiger partial charge in [-0.25, -0.2) is 0 Å². The van der Waals surface area contributed by atoms with Crippen molar-refractivity contribution in [2.75, 3.05) is 5.32 Å². The number of rotatable bonds is 2. The van der Waals surface area contributed by atoms with Gasteiger partial charge in [-0.2, -0.15) is 15.4 Å². The summed E-state index contributed by atoms with van der Waals surface area (Å²) in [5.41, 5.74) is 1.41. The Morgan fingerprint density at radius 2 is 2.26 bits per heavy atom. The number of halogens is 1. The molecular weight excluding hydrogens is 266 g/mol. The highest BCUT2D eigenvalue weighted by Gasteiger charge is 2.12. The maximum Gasteiger partial charge on any atom is 0.277 e. The summed E-state index contributed by atoms with van der Waals surface area (Å²) in [4.78, 5) is 16.2. The molecule has 19 heavy (non-hydrogen) atoms. The summed E-state index contributed by atoms with van der Waals surface area (Å²) in [6.45, 7) is 0. The minimum atomic E-state index is -0.372. The van der Waals surface area contributed by atoms with E-state index in [-0.39, 0.29) is 11.6 Å². The number of benzene rings is 1. The van der Waals surface area contributed by atoms with Crippen LogP contribution in [0, 0.1) is 0 Å². The van der Waals surface area contributed by atoms with Crippen molar-refractivity contribution < 1.29 is 4.79 Å². The van der Waals surface area contributed by atoms with E-state index in [1.807, 2.05) is 12.1 Å². The molecule has 0 aliphatic rings. The molecule has 6 nitrogen and oxygen atoms in total. The molecule has 0 aliphatic carbocycles. The van der Waals surface area contributed by atoms with Crippen molar-refractivity contribution >= 4 is 34.1 Å². The first-order valence-corrected chi connectivity index (χ1v) is 5.83. The van der Waals surface area contributed by atoms with Gasteiger partial charge in [0.1, 0.15) is 0 Å². The number of hydrogen-bond donors (Lipinski definition) is 2. The van der Waals surface area contributed by atoms with Gasteiger partial charge in [-0.15, -0.1) is 0 Å². The third-order valence-corrected chi connectivity index (χ3v) is 2.78. The summed E-state index contributed by atoms with van der Waals surface area (Å²) in [5.74, 6) is -0.372. The highest BCUT2D eigenvalue weighted by molar-refractivity contribution is 6.32. The van der Waals surface area contributed by atoms with Gasteiger partial charge in [0.2, 0.25) is 0 Å². The number of nitrogens with one attached hydrogen (secondary N) is 2. The fraction of sp³-hybridized carbons (Fsp3) is 0. The first-order valence-electron chi connectivity index (χ1n) is 5.45. The van der Waals surface area contributed by atoms with Crippen LogP contribution in [0.3, 0.4) is 0 Å². The maximum absolute atomic E-state index is 11.9. The second-order valence-electron chi connectivity index (χ2n) is 3.84. The van der Waals surface area contributed by atoms with Gasteiger partial charge in [-0.05, 0) is 18.2 Å². The lowest BCUT2D eigenvalue weighted by atomic mass is 10.2.